The van der Waals surface area contributed by atoms with Gasteiger partial charge in [-0.1, -0.05) is 48.9 Å². The number of aromatic hydroxyl groups is 1. The maximum absolute atomic E-state index is 10.4. The highest BCUT2D eigenvalue weighted by Gasteiger charge is 2.10. The van der Waals surface area contributed by atoms with Crippen LogP contribution >= 0.6 is 22.7 Å². The molecule has 198 valence electrons. The molecule has 2 aromatic carbocycles. The standard InChI is InChI=1S/C27H36N6O2S2/c1-4-7-8-9-16-35-21-14-15-22(23(34)17-21)30-31-25-18-24-26(37-25)28-27(36-24)32-29-19-10-12-20(13-11-19)33(5-2)6-3/h10-15,17-18,29-31,34H,4-9,16H2,1-3H3,(H,28,32). The van der Waals surface area contributed by atoms with E-state index in [0.717, 1.165) is 51.3 Å². The number of thiazole rings is 1. The van der Waals surface area contributed by atoms with Crippen molar-refractivity contribution >= 4 is 59.4 Å². The van der Waals surface area contributed by atoms with Gasteiger partial charge in [-0.05, 0) is 62.7 Å². The molecule has 0 spiro atoms. The van der Waals surface area contributed by atoms with Crippen molar-refractivity contribution in [3.05, 3.63) is 48.5 Å². The van der Waals surface area contributed by atoms with Crippen molar-refractivity contribution < 1.29 is 9.84 Å². The van der Waals surface area contributed by atoms with Crippen LogP contribution in [0.25, 0.3) is 9.53 Å². The van der Waals surface area contributed by atoms with Gasteiger partial charge in [0.1, 0.15) is 21.3 Å². The summed E-state index contributed by atoms with van der Waals surface area (Å²) >= 11 is 3.12. The Morgan fingerprint density at radius 1 is 0.865 bits per heavy atom. The molecule has 2 aromatic heterocycles. The number of aromatic nitrogens is 1. The fraction of sp³-hybridized carbons (Fsp3) is 0.370. The first kappa shape index (κ1) is 26.7. The summed E-state index contributed by atoms with van der Waals surface area (Å²) in [5.74, 6) is 0.812. The maximum Gasteiger partial charge on any atom is 0.203 e. The van der Waals surface area contributed by atoms with Crippen LogP contribution in [0.4, 0.5) is 27.2 Å². The lowest BCUT2D eigenvalue weighted by molar-refractivity contribution is 0.303. The lowest BCUT2D eigenvalue weighted by atomic mass is 10.2. The normalized spacial score (nSPS) is 10.9. The van der Waals surface area contributed by atoms with Gasteiger partial charge in [-0.3, -0.25) is 21.7 Å². The van der Waals surface area contributed by atoms with Crippen molar-refractivity contribution in [2.75, 3.05) is 46.3 Å². The topological polar surface area (TPSA) is 93.7 Å². The third kappa shape index (κ3) is 7.33. The van der Waals surface area contributed by atoms with Gasteiger partial charge >= 0.3 is 0 Å². The van der Waals surface area contributed by atoms with Crippen LogP contribution in [0.2, 0.25) is 0 Å². The molecule has 0 aliphatic carbocycles. The minimum absolute atomic E-state index is 0.137. The van der Waals surface area contributed by atoms with E-state index in [4.69, 9.17) is 4.74 Å². The van der Waals surface area contributed by atoms with Gasteiger partial charge in [0.05, 0.1) is 22.7 Å². The molecule has 0 saturated heterocycles. The molecular formula is C27H36N6O2S2. The van der Waals surface area contributed by atoms with E-state index in [0.29, 0.717) is 18.0 Å². The second-order valence-electron chi connectivity index (χ2n) is 8.61. The van der Waals surface area contributed by atoms with Gasteiger partial charge in [0.2, 0.25) is 5.13 Å². The molecule has 0 fully saturated rings. The van der Waals surface area contributed by atoms with Gasteiger partial charge in [-0.15, -0.1) is 0 Å². The van der Waals surface area contributed by atoms with Gasteiger partial charge in [0.25, 0.3) is 0 Å². The highest BCUT2D eigenvalue weighted by Crippen LogP contribution is 2.36. The first-order valence-corrected chi connectivity index (χ1v) is 14.5. The van der Waals surface area contributed by atoms with Gasteiger partial charge in [-0.25, -0.2) is 4.98 Å². The van der Waals surface area contributed by atoms with Gasteiger partial charge in [-0.2, -0.15) is 0 Å². The summed E-state index contributed by atoms with van der Waals surface area (Å²) in [5.41, 5.74) is 15.4. The number of nitrogens with zero attached hydrogens (tertiary/aromatic N) is 2. The number of nitrogens with one attached hydrogen (secondary N) is 4. The molecule has 8 nitrogen and oxygen atoms in total. The van der Waals surface area contributed by atoms with Gasteiger partial charge in [0, 0.05) is 24.8 Å². The first-order chi connectivity index (χ1) is 18.1. The predicted molar refractivity (Wildman–Crippen MR) is 160 cm³/mol. The molecule has 0 atom stereocenters. The van der Waals surface area contributed by atoms with Gasteiger partial charge in [0.15, 0.2) is 0 Å². The van der Waals surface area contributed by atoms with E-state index in [1.807, 2.05) is 12.1 Å². The van der Waals surface area contributed by atoms with Crippen LogP contribution in [-0.4, -0.2) is 29.8 Å². The summed E-state index contributed by atoms with van der Waals surface area (Å²) in [5, 5.41) is 12.1. The van der Waals surface area contributed by atoms with E-state index in [9.17, 15) is 5.11 Å². The van der Waals surface area contributed by atoms with Crippen LogP contribution in [0.1, 0.15) is 46.5 Å². The summed E-state index contributed by atoms with van der Waals surface area (Å²) in [6, 6.07) is 15.7. The zero-order valence-electron chi connectivity index (χ0n) is 21.6. The molecule has 0 amide bonds. The average molecular weight is 541 g/mol. The minimum atomic E-state index is 0.137. The number of unbranched alkanes of at least 4 members (excludes halogenated alkanes) is 3. The molecule has 10 heteroatoms. The smallest absolute Gasteiger partial charge is 0.203 e. The van der Waals surface area contributed by atoms with Crippen molar-refractivity contribution in [3.63, 3.8) is 0 Å². The fourth-order valence-electron chi connectivity index (χ4n) is 3.87. The number of hydrogen-bond acceptors (Lipinski definition) is 10. The Kier molecular flexibility index (Phi) is 9.56. The Morgan fingerprint density at radius 2 is 1.68 bits per heavy atom. The van der Waals surface area contributed by atoms with Crippen molar-refractivity contribution in [1.29, 1.82) is 0 Å². The third-order valence-corrected chi connectivity index (χ3v) is 7.95. The zero-order valence-corrected chi connectivity index (χ0v) is 23.3. The van der Waals surface area contributed by atoms with Crippen molar-refractivity contribution in [2.24, 2.45) is 0 Å². The van der Waals surface area contributed by atoms with Crippen LogP contribution in [-0.2, 0) is 0 Å². The number of phenolic OH excluding ortho intramolecular Hbond substituents is 1. The van der Waals surface area contributed by atoms with Gasteiger partial charge < -0.3 is 14.7 Å². The number of anilines is 5. The Hall–Kier alpha value is -3.37. The average Bonchev–Trinajstić information content (AvgIpc) is 3.47. The monoisotopic (exact) mass is 540 g/mol. The molecule has 0 bridgehead atoms. The summed E-state index contributed by atoms with van der Waals surface area (Å²) in [7, 11) is 0. The van der Waals surface area contributed by atoms with Crippen molar-refractivity contribution in [3.8, 4) is 11.5 Å². The number of fused-ring (bicyclic) bond motifs is 1. The Bertz CT molecular complexity index is 1220. The largest absolute Gasteiger partial charge is 0.506 e. The molecule has 4 rings (SSSR count). The lowest BCUT2D eigenvalue weighted by Crippen LogP contribution is -2.21. The van der Waals surface area contributed by atoms with E-state index in [1.54, 1.807) is 34.8 Å². The molecule has 0 saturated carbocycles. The van der Waals surface area contributed by atoms with Crippen molar-refractivity contribution in [1.82, 2.24) is 4.98 Å². The fourth-order valence-corrected chi connectivity index (χ4v) is 5.80. The summed E-state index contributed by atoms with van der Waals surface area (Å²) in [6.45, 7) is 9.16. The number of phenols is 1. The van der Waals surface area contributed by atoms with E-state index in [-0.39, 0.29) is 5.75 Å². The minimum Gasteiger partial charge on any atom is -0.506 e. The van der Waals surface area contributed by atoms with Crippen LogP contribution in [0.5, 0.6) is 11.5 Å². The zero-order chi connectivity index (χ0) is 26.0. The van der Waals surface area contributed by atoms with Crippen LogP contribution in [0.3, 0.4) is 0 Å². The van der Waals surface area contributed by atoms with Crippen LogP contribution in [0, 0.1) is 0 Å². The molecule has 0 aliphatic heterocycles. The summed E-state index contributed by atoms with van der Waals surface area (Å²) in [4.78, 5) is 7.92. The Labute approximate surface area is 226 Å². The summed E-state index contributed by atoms with van der Waals surface area (Å²) in [6.07, 6.45) is 4.61. The molecule has 0 aliphatic rings. The molecule has 0 unspecified atom stereocenters. The molecule has 37 heavy (non-hydrogen) atoms. The molecule has 2 heterocycles. The number of rotatable bonds is 15. The number of hydrogen-bond donors (Lipinski definition) is 5. The van der Waals surface area contributed by atoms with Crippen molar-refractivity contribution in [2.45, 2.75) is 46.5 Å². The van der Waals surface area contributed by atoms with E-state index >= 15 is 0 Å². The van der Waals surface area contributed by atoms with E-state index in [1.165, 1.54) is 18.5 Å². The predicted octanol–water partition coefficient (Wildman–Crippen LogP) is 7.75. The maximum atomic E-state index is 10.4. The SMILES string of the molecule is CCCCCCOc1ccc(NNc2cc3sc(NNc4ccc(N(CC)CC)cc4)nc3s2)c(O)c1. The number of hydrazine groups is 2. The summed E-state index contributed by atoms with van der Waals surface area (Å²) < 4.78 is 6.81. The number of thiophene rings is 1. The van der Waals surface area contributed by atoms with Crippen LogP contribution in [0.15, 0.2) is 48.5 Å². The highest BCUT2D eigenvalue weighted by atomic mass is 32.1. The Morgan fingerprint density at radius 3 is 2.38 bits per heavy atom. The highest BCUT2D eigenvalue weighted by molar-refractivity contribution is 7.30. The molecule has 5 N–H and O–H groups in total. The quantitative estimate of drug-likeness (QED) is 0.0594. The lowest BCUT2D eigenvalue weighted by Gasteiger charge is -2.21. The molecule has 0 radical (unpaired) electrons. The number of ether oxygens (including phenoxy) is 1. The molecular weight excluding hydrogens is 504 g/mol. The third-order valence-electron chi connectivity index (χ3n) is 5.96. The second-order valence-corrected chi connectivity index (χ2v) is 10.7. The van der Waals surface area contributed by atoms with E-state index in [2.05, 4.69) is 76.6 Å². The van der Waals surface area contributed by atoms with E-state index < -0.39 is 0 Å². The Balaban J connectivity index is 1.26. The van der Waals surface area contributed by atoms with Crippen LogP contribution < -0.4 is 31.3 Å². The number of benzene rings is 2. The first-order valence-electron chi connectivity index (χ1n) is 12.8. The molecule has 4 aromatic rings. The second kappa shape index (κ2) is 13.3.